The van der Waals surface area contributed by atoms with Crippen LogP contribution in [0.4, 0.5) is 4.39 Å². The molecule has 0 amide bonds. The second kappa shape index (κ2) is 4.24. The number of hydrogen-bond donors (Lipinski definition) is 1. The summed E-state index contributed by atoms with van der Waals surface area (Å²) in [5.74, 6) is -0.0737. The fourth-order valence-electron chi connectivity index (χ4n) is 2.86. The smallest absolute Gasteiger partial charge is 0.123 e. The molecule has 3 heteroatoms. The molecular formula is C14H16FNO. The Morgan fingerprint density at radius 3 is 3.06 bits per heavy atom. The summed E-state index contributed by atoms with van der Waals surface area (Å²) in [6.07, 6.45) is 2.66. The minimum absolute atomic E-state index is 0.138. The lowest BCUT2D eigenvalue weighted by atomic mass is 9.81. The monoisotopic (exact) mass is 233 g/mol. The summed E-state index contributed by atoms with van der Waals surface area (Å²) < 4.78 is 13.2. The molecule has 1 aromatic rings. The van der Waals surface area contributed by atoms with Gasteiger partial charge in [0.25, 0.3) is 0 Å². The Labute approximate surface area is 100 Å². The summed E-state index contributed by atoms with van der Waals surface area (Å²) in [6, 6.07) is 6.66. The maximum Gasteiger partial charge on any atom is 0.123 e. The SMILES string of the molecule is O[C@@H]1CCN2CC=C(c3cccc(F)c3)[C@H]1C2. The first-order valence-electron chi connectivity index (χ1n) is 6.10. The topological polar surface area (TPSA) is 23.5 Å². The van der Waals surface area contributed by atoms with Crippen molar-refractivity contribution in [1.29, 1.82) is 0 Å². The van der Waals surface area contributed by atoms with Gasteiger partial charge in [0, 0.05) is 25.6 Å². The van der Waals surface area contributed by atoms with Crippen LogP contribution in [0, 0.1) is 11.7 Å². The van der Waals surface area contributed by atoms with E-state index in [9.17, 15) is 9.50 Å². The van der Waals surface area contributed by atoms with Crippen molar-refractivity contribution < 1.29 is 9.50 Å². The van der Waals surface area contributed by atoms with Crippen LogP contribution in [0.5, 0.6) is 0 Å². The van der Waals surface area contributed by atoms with Crippen LogP contribution in [0.15, 0.2) is 30.3 Å². The molecule has 1 aromatic carbocycles. The van der Waals surface area contributed by atoms with E-state index in [0.29, 0.717) is 0 Å². The molecule has 3 atom stereocenters. The van der Waals surface area contributed by atoms with Gasteiger partial charge in [-0.15, -0.1) is 0 Å². The lowest BCUT2D eigenvalue weighted by Gasteiger charge is -2.40. The number of benzene rings is 1. The van der Waals surface area contributed by atoms with Crippen molar-refractivity contribution in [3.8, 4) is 0 Å². The second-order valence-electron chi connectivity index (χ2n) is 4.89. The molecule has 2 aliphatic heterocycles. The van der Waals surface area contributed by atoms with Gasteiger partial charge in [0.2, 0.25) is 0 Å². The van der Waals surface area contributed by atoms with Crippen molar-refractivity contribution in [1.82, 2.24) is 4.90 Å². The molecule has 0 spiro atoms. The van der Waals surface area contributed by atoms with Crippen molar-refractivity contribution in [2.24, 2.45) is 5.92 Å². The Kier molecular flexibility index (Phi) is 2.73. The quantitative estimate of drug-likeness (QED) is 0.801. The third-order valence-electron chi connectivity index (χ3n) is 3.79. The molecule has 0 aromatic heterocycles. The molecule has 2 heterocycles. The van der Waals surface area contributed by atoms with E-state index in [2.05, 4.69) is 11.0 Å². The average molecular weight is 233 g/mol. The summed E-state index contributed by atoms with van der Waals surface area (Å²) in [5, 5.41) is 10.1. The molecule has 2 aliphatic rings. The zero-order chi connectivity index (χ0) is 11.8. The first kappa shape index (κ1) is 10.9. The highest BCUT2D eigenvalue weighted by molar-refractivity contribution is 5.69. The van der Waals surface area contributed by atoms with Crippen LogP contribution in [0.2, 0.25) is 0 Å². The molecule has 90 valence electrons. The van der Waals surface area contributed by atoms with Crippen LogP contribution in [0.25, 0.3) is 5.57 Å². The fraction of sp³-hybridized carbons (Fsp3) is 0.429. The van der Waals surface area contributed by atoms with Gasteiger partial charge in [-0.2, -0.15) is 0 Å². The molecule has 0 radical (unpaired) electrons. The molecule has 2 bridgehead atoms. The van der Waals surface area contributed by atoms with Crippen LogP contribution < -0.4 is 0 Å². The standard InChI is InChI=1S/C14H16FNO/c15-11-3-1-2-10(8-11)12-4-6-16-7-5-14(17)13(12)9-16/h1-4,8,13-14,17H,5-7,9H2/t13-,14-/m1/s1. The van der Waals surface area contributed by atoms with Crippen molar-refractivity contribution in [3.05, 3.63) is 41.7 Å². The first-order valence-corrected chi connectivity index (χ1v) is 6.10. The van der Waals surface area contributed by atoms with E-state index in [4.69, 9.17) is 0 Å². The Balaban J connectivity index is 1.97. The average Bonchev–Trinajstić information content (AvgIpc) is 2.34. The predicted molar refractivity (Wildman–Crippen MR) is 64.9 cm³/mol. The van der Waals surface area contributed by atoms with Crippen molar-refractivity contribution >= 4 is 5.57 Å². The van der Waals surface area contributed by atoms with Gasteiger partial charge in [-0.05, 0) is 29.7 Å². The number of aliphatic hydroxyl groups excluding tert-OH is 1. The Morgan fingerprint density at radius 2 is 2.24 bits per heavy atom. The van der Waals surface area contributed by atoms with Gasteiger partial charge in [-0.25, -0.2) is 4.39 Å². The van der Waals surface area contributed by atoms with E-state index in [1.165, 1.54) is 6.07 Å². The zero-order valence-corrected chi connectivity index (χ0v) is 9.64. The van der Waals surface area contributed by atoms with E-state index in [0.717, 1.165) is 37.2 Å². The number of rotatable bonds is 1. The lowest BCUT2D eigenvalue weighted by Crippen LogP contribution is -2.46. The third kappa shape index (κ3) is 2.01. The highest BCUT2D eigenvalue weighted by Gasteiger charge is 2.33. The maximum absolute atomic E-state index is 13.2. The number of fused-ring (bicyclic) bond motifs is 2. The number of piperidine rings is 1. The van der Waals surface area contributed by atoms with Crippen LogP contribution in [-0.2, 0) is 0 Å². The van der Waals surface area contributed by atoms with Crippen molar-refractivity contribution in [3.63, 3.8) is 0 Å². The summed E-state index contributed by atoms with van der Waals surface area (Å²) >= 11 is 0. The highest BCUT2D eigenvalue weighted by Crippen LogP contribution is 2.34. The van der Waals surface area contributed by atoms with E-state index in [1.807, 2.05) is 6.07 Å². The number of aliphatic hydroxyl groups is 1. The second-order valence-corrected chi connectivity index (χ2v) is 4.89. The maximum atomic E-state index is 13.2. The van der Waals surface area contributed by atoms with E-state index >= 15 is 0 Å². The number of nitrogens with zero attached hydrogens (tertiary/aromatic N) is 1. The molecule has 1 saturated heterocycles. The van der Waals surface area contributed by atoms with Crippen molar-refractivity contribution in [2.45, 2.75) is 12.5 Å². The molecule has 1 fully saturated rings. The molecule has 3 rings (SSSR count). The van der Waals surface area contributed by atoms with E-state index in [1.54, 1.807) is 12.1 Å². The molecular weight excluding hydrogens is 217 g/mol. The van der Waals surface area contributed by atoms with Gasteiger partial charge in [-0.3, -0.25) is 4.90 Å². The minimum Gasteiger partial charge on any atom is -0.392 e. The molecule has 17 heavy (non-hydrogen) atoms. The Hall–Kier alpha value is -1.19. The van der Waals surface area contributed by atoms with Crippen molar-refractivity contribution in [2.75, 3.05) is 19.6 Å². The fourth-order valence-corrected chi connectivity index (χ4v) is 2.86. The van der Waals surface area contributed by atoms with E-state index in [-0.39, 0.29) is 17.8 Å². The number of halogens is 1. The minimum atomic E-state index is -0.291. The van der Waals surface area contributed by atoms with Crippen LogP contribution in [0.3, 0.4) is 0 Å². The zero-order valence-electron chi connectivity index (χ0n) is 9.64. The van der Waals surface area contributed by atoms with Crippen LogP contribution >= 0.6 is 0 Å². The number of hydrogen-bond acceptors (Lipinski definition) is 2. The van der Waals surface area contributed by atoms with Gasteiger partial charge in [0.15, 0.2) is 0 Å². The van der Waals surface area contributed by atoms with Crippen LogP contribution in [-0.4, -0.2) is 35.7 Å². The molecule has 0 saturated carbocycles. The highest BCUT2D eigenvalue weighted by atomic mass is 19.1. The molecule has 2 nitrogen and oxygen atoms in total. The lowest BCUT2D eigenvalue weighted by molar-refractivity contribution is 0.0508. The van der Waals surface area contributed by atoms with E-state index < -0.39 is 0 Å². The van der Waals surface area contributed by atoms with Gasteiger partial charge >= 0.3 is 0 Å². The molecule has 1 unspecified atom stereocenters. The van der Waals surface area contributed by atoms with Crippen LogP contribution in [0.1, 0.15) is 12.0 Å². The largest absolute Gasteiger partial charge is 0.392 e. The van der Waals surface area contributed by atoms with Gasteiger partial charge in [0.05, 0.1) is 6.10 Å². The molecule has 1 N–H and O–H groups in total. The van der Waals surface area contributed by atoms with Gasteiger partial charge in [-0.1, -0.05) is 18.2 Å². The predicted octanol–water partition coefficient (Wildman–Crippen LogP) is 1.91. The molecule has 0 aliphatic carbocycles. The Bertz CT molecular complexity index is 457. The first-order chi connectivity index (χ1) is 8.24. The summed E-state index contributed by atoms with van der Waals surface area (Å²) in [5.41, 5.74) is 2.02. The summed E-state index contributed by atoms with van der Waals surface area (Å²) in [4.78, 5) is 2.33. The third-order valence-corrected chi connectivity index (χ3v) is 3.79. The van der Waals surface area contributed by atoms with Gasteiger partial charge in [0.1, 0.15) is 5.82 Å². The Morgan fingerprint density at radius 1 is 1.35 bits per heavy atom. The summed E-state index contributed by atoms with van der Waals surface area (Å²) in [6.45, 7) is 2.77. The van der Waals surface area contributed by atoms with Gasteiger partial charge < -0.3 is 5.11 Å². The summed E-state index contributed by atoms with van der Waals surface area (Å²) in [7, 11) is 0. The normalized spacial score (nSPS) is 32.1.